The van der Waals surface area contributed by atoms with Gasteiger partial charge in [0.25, 0.3) is 0 Å². The number of rotatable bonds is 3. The zero-order valence-corrected chi connectivity index (χ0v) is 10.7. The molecular weight excluding hydrogens is 188 g/mol. The van der Waals surface area contributed by atoms with Gasteiger partial charge in [-0.25, -0.2) is 0 Å². The van der Waals surface area contributed by atoms with Crippen LogP contribution < -0.4 is 0 Å². The van der Waals surface area contributed by atoms with Crippen molar-refractivity contribution in [3.63, 3.8) is 0 Å². The highest BCUT2D eigenvalue weighted by Gasteiger charge is 2.32. The van der Waals surface area contributed by atoms with E-state index in [9.17, 15) is 0 Å². The number of allylic oxidation sites excluding steroid dienone is 4. The molecule has 0 radical (unpaired) electrons. The van der Waals surface area contributed by atoms with Crippen LogP contribution in [0.4, 0.5) is 0 Å². The Hall–Kier alpha value is -0.170. The molecule has 0 N–H and O–H groups in total. The minimum Gasteiger partial charge on any atom is -0.179 e. The highest BCUT2D eigenvalue weighted by atomic mass is 32.1. The van der Waals surface area contributed by atoms with Crippen LogP contribution in [0.25, 0.3) is 0 Å². The van der Waals surface area contributed by atoms with Crippen molar-refractivity contribution in [1.29, 1.82) is 0 Å². The Bertz CT molecular complexity index is 262. The molecule has 0 aromatic rings. The first-order chi connectivity index (χ1) is 6.56. The normalized spacial score (nSPS) is 32.5. The highest BCUT2D eigenvalue weighted by molar-refractivity contribution is 7.80. The van der Waals surface area contributed by atoms with Gasteiger partial charge in [0, 0.05) is 0 Å². The summed E-state index contributed by atoms with van der Waals surface area (Å²) in [6, 6.07) is 0. The molecule has 80 valence electrons. The lowest BCUT2D eigenvalue weighted by molar-refractivity contribution is 0.286. The first-order valence-corrected chi connectivity index (χ1v) is 6.18. The van der Waals surface area contributed by atoms with Gasteiger partial charge in [-0.05, 0) is 42.4 Å². The largest absolute Gasteiger partial charge is 0.179 e. The van der Waals surface area contributed by atoms with Crippen LogP contribution in [-0.4, -0.2) is 5.75 Å². The highest BCUT2D eigenvalue weighted by Crippen LogP contribution is 2.44. The summed E-state index contributed by atoms with van der Waals surface area (Å²) in [6.45, 7) is 9.29. The number of hydrogen-bond donors (Lipinski definition) is 1. The van der Waals surface area contributed by atoms with Gasteiger partial charge in [0.05, 0.1) is 0 Å². The molecule has 0 spiro atoms. The summed E-state index contributed by atoms with van der Waals surface area (Å²) in [4.78, 5) is 0. The van der Waals surface area contributed by atoms with Crippen LogP contribution in [0.1, 0.15) is 40.5 Å². The standard InChI is InChI=1S/C13H22S/c1-5-13(4)10(2)6-7-12(8-9-14)11(13)3/h6-7,10,14H,5,8-9H2,1-4H3. The van der Waals surface area contributed by atoms with Crippen molar-refractivity contribution < 1.29 is 0 Å². The Morgan fingerprint density at radius 1 is 1.50 bits per heavy atom. The second kappa shape index (κ2) is 4.57. The van der Waals surface area contributed by atoms with Crippen molar-refractivity contribution in [2.75, 3.05) is 5.75 Å². The molecule has 0 bridgehead atoms. The van der Waals surface area contributed by atoms with Gasteiger partial charge in [0.15, 0.2) is 0 Å². The molecule has 0 aromatic carbocycles. The van der Waals surface area contributed by atoms with Crippen molar-refractivity contribution >= 4 is 12.6 Å². The van der Waals surface area contributed by atoms with Gasteiger partial charge in [0.1, 0.15) is 0 Å². The van der Waals surface area contributed by atoms with Crippen LogP contribution in [0.15, 0.2) is 23.3 Å². The zero-order chi connectivity index (χ0) is 10.8. The molecule has 0 amide bonds. The summed E-state index contributed by atoms with van der Waals surface area (Å²) in [6.07, 6.45) is 6.98. The molecule has 0 nitrogen and oxygen atoms in total. The molecule has 1 aliphatic rings. The van der Waals surface area contributed by atoms with E-state index >= 15 is 0 Å². The Kier molecular flexibility index (Phi) is 3.88. The Labute approximate surface area is 93.9 Å². The average Bonchev–Trinajstić information content (AvgIpc) is 2.19. The van der Waals surface area contributed by atoms with Crippen LogP contribution in [0.5, 0.6) is 0 Å². The predicted octanol–water partition coefficient (Wildman–Crippen LogP) is 4.25. The van der Waals surface area contributed by atoms with E-state index in [-0.39, 0.29) is 0 Å². The topological polar surface area (TPSA) is 0 Å². The SMILES string of the molecule is CCC1(C)C(C)=C(CCS)C=CC1C. The molecule has 2 unspecified atom stereocenters. The van der Waals surface area contributed by atoms with Crippen molar-refractivity contribution in [3.05, 3.63) is 23.3 Å². The third-order valence-corrected chi connectivity index (χ3v) is 4.27. The van der Waals surface area contributed by atoms with Crippen molar-refractivity contribution in [1.82, 2.24) is 0 Å². The molecule has 1 rings (SSSR count). The van der Waals surface area contributed by atoms with Crippen LogP contribution in [-0.2, 0) is 0 Å². The summed E-state index contributed by atoms with van der Waals surface area (Å²) < 4.78 is 0. The van der Waals surface area contributed by atoms with Crippen LogP contribution in [0, 0.1) is 11.3 Å². The zero-order valence-electron chi connectivity index (χ0n) is 9.80. The monoisotopic (exact) mass is 210 g/mol. The molecule has 0 aliphatic heterocycles. The van der Waals surface area contributed by atoms with Crippen LogP contribution in [0.2, 0.25) is 0 Å². The van der Waals surface area contributed by atoms with E-state index in [1.807, 2.05) is 0 Å². The van der Waals surface area contributed by atoms with E-state index in [1.54, 1.807) is 5.57 Å². The summed E-state index contributed by atoms with van der Waals surface area (Å²) in [5.74, 6) is 1.61. The lowest BCUT2D eigenvalue weighted by Crippen LogP contribution is -2.28. The second-order valence-corrected chi connectivity index (χ2v) is 4.99. The van der Waals surface area contributed by atoms with Gasteiger partial charge < -0.3 is 0 Å². The fourth-order valence-electron chi connectivity index (χ4n) is 2.28. The fourth-order valence-corrected chi connectivity index (χ4v) is 2.53. The van der Waals surface area contributed by atoms with E-state index in [2.05, 4.69) is 52.5 Å². The number of thiol groups is 1. The van der Waals surface area contributed by atoms with Crippen LogP contribution in [0.3, 0.4) is 0 Å². The van der Waals surface area contributed by atoms with Gasteiger partial charge >= 0.3 is 0 Å². The maximum Gasteiger partial charge on any atom is -0.00558 e. The van der Waals surface area contributed by atoms with Crippen molar-refractivity contribution in [2.45, 2.75) is 40.5 Å². The van der Waals surface area contributed by atoms with E-state index in [0.29, 0.717) is 11.3 Å². The summed E-state index contributed by atoms with van der Waals surface area (Å²) in [5, 5.41) is 0. The average molecular weight is 210 g/mol. The number of hydrogen-bond acceptors (Lipinski definition) is 1. The molecule has 0 aromatic heterocycles. The van der Waals surface area contributed by atoms with E-state index in [4.69, 9.17) is 0 Å². The van der Waals surface area contributed by atoms with Gasteiger partial charge in [-0.15, -0.1) is 0 Å². The molecular formula is C13H22S. The first kappa shape index (κ1) is 11.9. The quantitative estimate of drug-likeness (QED) is 0.662. The van der Waals surface area contributed by atoms with Crippen LogP contribution >= 0.6 is 12.6 Å². The molecule has 0 saturated heterocycles. The molecule has 1 aliphatic carbocycles. The summed E-state index contributed by atoms with van der Waals surface area (Å²) in [5.41, 5.74) is 3.44. The van der Waals surface area contributed by atoms with Gasteiger partial charge in [-0.3, -0.25) is 0 Å². The van der Waals surface area contributed by atoms with E-state index < -0.39 is 0 Å². The molecule has 2 atom stereocenters. The lowest BCUT2D eigenvalue weighted by Gasteiger charge is -2.38. The maximum atomic E-state index is 4.31. The Balaban J connectivity index is 3.02. The minimum absolute atomic E-state index is 0.368. The minimum atomic E-state index is 0.368. The lowest BCUT2D eigenvalue weighted by atomic mass is 9.66. The first-order valence-electron chi connectivity index (χ1n) is 5.55. The smallest absolute Gasteiger partial charge is 0.00558 e. The molecule has 0 saturated carbocycles. The van der Waals surface area contributed by atoms with Crippen molar-refractivity contribution in [3.8, 4) is 0 Å². The van der Waals surface area contributed by atoms with E-state index in [0.717, 1.165) is 12.2 Å². The Morgan fingerprint density at radius 3 is 2.64 bits per heavy atom. The third-order valence-electron chi connectivity index (χ3n) is 4.05. The van der Waals surface area contributed by atoms with E-state index in [1.165, 1.54) is 12.0 Å². The molecule has 1 heteroatoms. The third kappa shape index (κ3) is 1.93. The Morgan fingerprint density at radius 2 is 2.14 bits per heavy atom. The van der Waals surface area contributed by atoms with Gasteiger partial charge in [0.2, 0.25) is 0 Å². The fraction of sp³-hybridized carbons (Fsp3) is 0.692. The maximum absolute atomic E-state index is 4.31. The second-order valence-electron chi connectivity index (χ2n) is 4.54. The molecule has 14 heavy (non-hydrogen) atoms. The molecule has 0 fully saturated rings. The summed E-state index contributed by atoms with van der Waals surface area (Å²) >= 11 is 4.31. The predicted molar refractivity (Wildman–Crippen MR) is 67.9 cm³/mol. The summed E-state index contributed by atoms with van der Waals surface area (Å²) in [7, 11) is 0. The van der Waals surface area contributed by atoms with Crippen molar-refractivity contribution in [2.24, 2.45) is 11.3 Å². The van der Waals surface area contributed by atoms with Gasteiger partial charge in [-0.2, -0.15) is 12.6 Å². The molecule has 0 heterocycles. The van der Waals surface area contributed by atoms with Gasteiger partial charge in [-0.1, -0.05) is 38.5 Å².